The summed E-state index contributed by atoms with van der Waals surface area (Å²) in [6, 6.07) is 11.9. The molecule has 1 unspecified atom stereocenters. The van der Waals surface area contributed by atoms with Gasteiger partial charge in [-0.3, -0.25) is 14.9 Å². The number of anilines is 2. The van der Waals surface area contributed by atoms with E-state index in [-0.39, 0.29) is 34.3 Å². The molecular weight excluding hydrogens is 411 g/mol. The minimum atomic E-state index is -0.361. The zero-order valence-electron chi connectivity index (χ0n) is 18.3. The van der Waals surface area contributed by atoms with Crippen molar-refractivity contribution in [3.05, 3.63) is 64.0 Å². The van der Waals surface area contributed by atoms with Crippen LogP contribution in [-0.2, 0) is 4.79 Å². The lowest BCUT2D eigenvalue weighted by atomic mass is 9.94. The summed E-state index contributed by atoms with van der Waals surface area (Å²) >= 11 is 0. The van der Waals surface area contributed by atoms with Gasteiger partial charge in [-0.1, -0.05) is 18.2 Å². The molecule has 32 heavy (non-hydrogen) atoms. The second-order valence-electron chi connectivity index (χ2n) is 8.76. The van der Waals surface area contributed by atoms with Gasteiger partial charge < -0.3 is 15.1 Å². The Bertz CT molecular complexity index is 991. The Hall–Kier alpha value is -3.16. The van der Waals surface area contributed by atoms with E-state index >= 15 is 0 Å². The van der Waals surface area contributed by atoms with Crippen molar-refractivity contribution in [2.45, 2.75) is 38.6 Å². The van der Waals surface area contributed by atoms with E-state index < -0.39 is 0 Å². The third-order valence-corrected chi connectivity index (χ3v) is 6.49. The Kier molecular flexibility index (Phi) is 6.58. The standard InChI is InChI=1S/C24H29FN4O3/c1-17-8-9-20(25)23(15-17)28-12-4-5-19(16-28)26-24(30)18-10-13-27(14-11-18)21-6-2-3-7-22(21)29(31)32/h2-3,6-9,15,18-19H,4-5,10-14,16H2,1H3,(H,26,30). The number of amides is 1. The SMILES string of the molecule is Cc1ccc(F)c(N2CCCC(NC(=O)C3CCN(c4ccccc4[N+](=O)[O-])CC3)C2)c1. The number of nitro groups is 1. The Balaban J connectivity index is 1.33. The van der Waals surface area contributed by atoms with E-state index in [1.807, 2.05) is 22.8 Å². The van der Waals surface area contributed by atoms with Crippen molar-refractivity contribution in [1.29, 1.82) is 0 Å². The average molecular weight is 441 g/mol. The molecule has 0 radical (unpaired) electrons. The lowest BCUT2D eigenvalue weighted by Crippen LogP contribution is -2.50. The monoisotopic (exact) mass is 440 g/mol. The van der Waals surface area contributed by atoms with Crippen LogP contribution in [0.5, 0.6) is 0 Å². The lowest BCUT2D eigenvalue weighted by Gasteiger charge is -2.37. The molecule has 2 heterocycles. The molecule has 2 aromatic rings. The number of hydrogen-bond acceptors (Lipinski definition) is 5. The van der Waals surface area contributed by atoms with Gasteiger partial charge in [-0.05, 0) is 56.4 Å². The minimum absolute atomic E-state index is 0.00981. The van der Waals surface area contributed by atoms with Crippen molar-refractivity contribution < 1.29 is 14.1 Å². The van der Waals surface area contributed by atoms with Gasteiger partial charge >= 0.3 is 0 Å². The van der Waals surface area contributed by atoms with E-state index in [4.69, 9.17) is 0 Å². The number of nitro benzene ring substituents is 1. The topological polar surface area (TPSA) is 78.7 Å². The van der Waals surface area contributed by atoms with Crippen LogP contribution in [0.3, 0.4) is 0 Å². The van der Waals surface area contributed by atoms with Crippen molar-refractivity contribution >= 4 is 23.0 Å². The van der Waals surface area contributed by atoms with E-state index in [0.29, 0.717) is 43.9 Å². The molecule has 4 rings (SSSR count). The molecule has 2 aromatic carbocycles. The number of aryl methyl sites for hydroxylation is 1. The Morgan fingerprint density at radius 1 is 1.06 bits per heavy atom. The predicted molar refractivity (Wildman–Crippen MR) is 123 cm³/mol. The van der Waals surface area contributed by atoms with E-state index in [9.17, 15) is 19.3 Å². The Morgan fingerprint density at radius 3 is 2.56 bits per heavy atom. The maximum Gasteiger partial charge on any atom is 0.292 e. The van der Waals surface area contributed by atoms with Gasteiger partial charge in [0, 0.05) is 44.2 Å². The van der Waals surface area contributed by atoms with Crippen LogP contribution in [0.1, 0.15) is 31.2 Å². The number of piperidine rings is 2. The Morgan fingerprint density at radius 2 is 1.81 bits per heavy atom. The van der Waals surface area contributed by atoms with Crippen molar-refractivity contribution in [1.82, 2.24) is 5.32 Å². The summed E-state index contributed by atoms with van der Waals surface area (Å²) in [5.74, 6) is -0.311. The second-order valence-corrected chi connectivity index (χ2v) is 8.76. The third kappa shape index (κ3) is 4.84. The van der Waals surface area contributed by atoms with E-state index in [0.717, 1.165) is 24.9 Å². The molecular formula is C24H29FN4O3. The average Bonchev–Trinajstić information content (AvgIpc) is 2.81. The molecule has 7 nitrogen and oxygen atoms in total. The summed E-state index contributed by atoms with van der Waals surface area (Å²) in [7, 11) is 0. The maximum absolute atomic E-state index is 14.3. The van der Waals surface area contributed by atoms with Crippen LogP contribution in [0.15, 0.2) is 42.5 Å². The fraction of sp³-hybridized carbons (Fsp3) is 0.458. The third-order valence-electron chi connectivity index (χ3n) is 6.49. The van der Waals surface area contributed by atoms with Gasteiger partial charge in [0.1, 0.15) is 11.5 Å². The first kappa shape index (κ1) is 22.0. The van der Waals surface area contributed by atoms with Crippen LogP contribution in [0, 0.1) is 28.8 Å². The number of halogens is 1. The van der Waals surface area contributed by atoms with Crippen molar-refractivity contribution in [3.63, 3.8) is 0 Å². The van der Waals surface area contributed by atoms with Crippen molar-refractivity contribution in [3.8, 4) is 0 Å². The van der Waals surface area contributed by atoms with Gasteiger partial charge in [-0.2, -0.15) is 0 Å². The maximum atomic E-state index is 14.3. The number of benzene rings is 2. The molecule has 2 aliphatic rings. The molecule has 2 saturated heterocycles. The van der Waals surface area contributed by atoms with E-state index in [1.165, 1.54) is 12.1 Å². The molecule has 0 aromatic heterocycles. The molecule has 2 aliphatic heterocycles. The largest absolute Gasteiger partial charge is 0.367 e. The number of nitrogens with zero attached hydrogens (tertiary/aromatic N) is 3. The molecule has 1 atom stereocenters. The fourth-order valence-corrected chi connectivity index (χ4v) is 4.77. The minimum Gasteiger partial charge on any atom is -0.367 e. The highest BCUT2D eigenvalue weighted by molar-refractivity contribution is 5.79. The van der Waals surface area contributed by atoms with Crippen LogP contribution in [0.4, 0.5) is 21.5 Å². The number of carbonyl (C=O) groups is 1. The number of nitrogens with one attached hydrogen (secondary N) is 1. The quantitative estimate of drug-likeness (QED) is 0.561. The first-order chi connectivity index (χ1) is 15.4. The summed E-state index contributed by atoms with van der Waals surface area (Å²) in [5, 5.41) is 14.5. The number of carbonyl (C=O) groups excluding carboxylic acids is 1. The molecule has 170 valence electrons. The van der Waals surface area contributed by atoms with E-state index in [1.54, 1.807) is 24.3 Å². The summed E-state index contributed by atoms with van der Waals surface area (Å²) in [5.41, 5.74) is 2.32. The highest BCUT2D eigenvalue weighted by Crippen LogP contribution is 2.31. The van der Waals surface area contributed by atoms with E-state index in [2.05, 4.69) is 5.32 Å². The first-order valence-electron chi connectivity index (χ1n) is 11.2. The van der Waals surface area contributed by atoms with Gasteiger partial charge in [-0.25, -0.2) is 4.39 Å². The molecule has 1 N–H and O–H groups in total. The summed E-state index contributed by atoms with van der Waals surface area (Å²) in [6.07, 6.45) is 3.08. The van der Waals surface area contributed by atoms with Gasteiger partial charge in [0.2, 0.25) is 5.91 Å². The van der Waals surface area contributed by atoms with Crippen LogP contribution in [-0.4, -0.2) is 43.1 Å². The van der Waals surface area contributed by atoms with Gasteiger partial charge in [0.15, 0.2) is 0 Å². The van der Waals surface area contributed by atoms with Gasteiger partial charge in [0.05, 0.1) is 10.6 Å². The molecule has 0 saturated carbocycles. The highest BCUT2D eigenvalue weighted by Gasteiger charge is 2.30. The second kappa shape index (κ2) is 9.54. The predicted octanol–water partition coefficient (Wildman–Crippen LogP) is 4.04. The lowest BCUT2D eigenvalue weighted by molar-refractivity contribution is -0.384. The van der Waals surface area contributed by atoms with Crippen molar-refractivity contribution in [2.24, 2.45) is 5.92 Å². The molecule has 2 fully saturated rings. The van der Waals surface area contributed by atoms with Crippen LogP contribution in [0.2, 0.25) is 0 Å². The molecule has 0 spiro atoms. The molecule has 0 bridgehead atoms. The van der Waals surface area contributed by atoms with Gasteiger partial charge in [-0.15, -0.1) is 0 Å². The number of hydrogen-bond donors (Lipinski definition) is 1. The summed E-state index contributed by atoms with van der Waals surface area (Å²) in [4.78, 5) is 27.9. The number of rotatable bonds is 5. The smallest absolute Gasteiger partial charge is 0.292 e. The van der Waals surface area contributed by atoms with Gasteiger partial charge in [0.25, 0.3) is 5.69 Å². The highest BCUT2D eigenvalue weighted by atomic mass is 19.1. The zero-order chi connectivity index (χ0) is 22.7. The van der Waals surface area contributed by atoms with Crippen molar-refractivity contribution in [2.75, 3.05) is 36.0 Å². The Labute approximate surface area is 187 Å². The molecule has 0 aliphatic carbocycles. The summed E-state index contributed by atoms with van der Waals surface area (Å²) in [6.45, 7) is 4.53. The van der Waals surface area contributed by atoms with Crippen LogP contribution < -0.4 is 15.1 Å². The molecule has 8 heteroatoms. The summed E-state index contributed by atoms with van der Waals surface area (Å²) < 4.78 is 14.3. The molecule has 1 amide bonds. The van der Waals surface area contributed by atoms with Crippen LogP contribution in [0.25, 0.3) is 0 Å². The number of para-hydroxylation sites is 2. The normalized spacial score (nSPS) is 19.6. The van der Waals surface area contributed by atoms with Crippen LogP contribution >= 0.6 is 0 Å². The first-order valence-corrected chi connectivity index (χ1v) is 11.2. The zero-order valence-corrected chi connectivity index (χ0v) is 18.3. The fourth-order valence-electron chi connectivity index (χ4n) is 4.77.